The van der Waals surface area contributed by atoms with E-state index in [-0.39, 0.29) is 18.4 Å². The minimum absolute atomic E-state index is 0.136. The summed E-state index contributed by atoms with van der Waals surface area (Å²) in [6, 6.07) is 4.81. The third-order valence-corrected chi connectivity index (χ3v) is 3.42. The molecule has 23 heavy (non-hydrogen) atoms. The van der Waals surface area contributed by atoms with Crippen molar-refractivity contribution in [3.05, 3.63) is 40.0 Å². The predicted molar refractivity (Wildman–Crippen MR) is 87.1 cm³/mol. The van der Waals surface area contributed by atoms with Crippen LogP contribution in [0.25, 0.3) is 0 Å². The molecule has 0 radical (unpaired) electrons. The fraction of sp³-hybridized carbons (Fsp3) is 0.400. The fourth-order valence-electron chi connectivity index (χ4n) is 1.70. The quantitative estimate of drug-likeness (QED) is 0.822. The number of ether oxygens (including phenoxy) is 1. The van der Waals surface area contributed by atoms with E-state index in [0.717, 1.165) is 0 Å². The largest absolute Gasteiger partial charge is 0.482 e. The van der Waals surface area contributed by atoms with E-state index in [2.05, 4.69) is 15.5 Å². The molecular weight excluding hydrogens is 341 g/mol. The van der Waals surface area contributed by atoms with Crippen molar-refractivity contribution in [1.29, 1.82) is 0 Å². The first-order valence-corrected chi connectivity index (χ1v) is 7.88. The molecule has 6 nitrogen and oxygen atoms in total. The Balaban J connectivity index is 1.72. The number of halogens is 2. The highest BCUT2D eigenvalue weighted by atomic mass is 35.5. The Kier molecular flexibility index (Phi) is 6.24. The Hall–Kier alpha value is -1.79. The van der Waals surface area contributed by atoms with Crippen LogP contribution in [0.4, 0.5) is 0 Å². The molecule has 2 aromatic rings. The summed E-state index contributed by atoms with van der Waals surface area (Å²) in [6.07, 6.45) is 0.465. The van der Waals surface area contributed by atoms with Gasteiger partial charge in [0.25, 0.3) is 5.91 Å². The van der Waals surface area contributed by atoms with Crippen molar-refractivity contribution >= 4 is 29.1 Å². The number of rotatable bonds is 7. The van der Waals surface area contributed by atoms with Gasteiger partial charge in [0.2, 0.25) is 11.8 Å². The molecule has 1 amide bonds. The van der Waals surface area contributed by atoms with Crippen LogP contribution in [0.3, 0.4) is 0 Å². The number of hydrogen-bond donors (Lipinski definition) is 1. The fourth-order valence-corrected chi connectivity index (χ4v) is 2.16. The van der Waals surface area contributed by atoms with Crippen molar-refractivity contribution in [3.63, 3.8) is 0 Å². The van der Waals surface area contributed by atoms with E-state index < -0.39 is 0 Å². The highest BCUT2D eigenvalue weighted by Gasteiger charge is 2.10. The van der Waals surface area contributed by atoms with E-state index in [1.165, 1.54) is 0 Å². The zero-order valence-corrected chi connectivity index (χ0v) is 14.3. The molecule has 124 valence electrons. The first-order valence-electron chi connectivity index (χ1n) is 7.12. The van der Waals surface area contributed by atoms with Crippen LogP contribution in [-0.2, 0) is 11.2 Å². The van der Waals surface area contributed by atoms with Crippen LogP contribution in [-0.4, -0.2) is 29.3 Å². The molecule has 0 unspecified atom stereocenters. The molecule has 1 heterocycles. The molecule has 0 saturated heterocycles. The normalized spacial score (nSPS) is 10.8. The molecule has 0 aliphatic rings. The maximum absolute atomic E-state index is 11.7. The monoisotopic (exact) mass is 357 g/mol. The Labute approximate surface area is 144 Å². The number of aromatic nitrogens is 2. The third-order valence-electron chi connectivity index (χ3n) is 2.89. The first-order chi connectivity index (χ1) is 11.0. The topological polar surface area (TPSA) is 77.2 Å². The van der Waals surface area contributed by atoms with Gasteiger partial charge in [0.1, 0.15) is 5.75 Å². The lowest BCUT2D eigenvalue weighted by Gasteiger charge is -2.08. The van der Waals surface area contributed by atoms with Crippen molar-refractivity contribution in [3.8, 4) is 5.75 Å². The first kappa shape index (κ1) is 17.6. The second kappa shape index (κ2) is 8.17. The van der Waals surface area contributed by atoms with Crippen LogP contribution in [0.5, 0.6) is 5.75 Å². The van der Waals surface area contributed by atoms with Crippen molar-refractivity contribution < 1.29 is 13.9 Å². The molecule has 8 heteroatoms. The molecule has 2 rings (SSSR count). The molecular formula is C15H17Cl2N3O3. The summed E-state index contributed by atoms with van der Waals surface area (Å²) in [7, 11) is 0. The van der Waals surface area contributed by atoms with E-state index in [4.69, 9.17) is 32.4 Å². The second-order valence-corrected chi connectivity index (χ2v) is 6.00. The van der Waals surface area contributed by atoms with Gasteiger partial charge in [0, 0.05) is 23.9 Å². The lowest BCUT2D eigenvalue weighted by atomic mass is 10.2. The van der Waals surface area contributed by atoms with Gasteiger partial charge in [0.05, 0.1) is 5.02 Å². The Morgan fingerprint density at radius 2 is 2.13 bits per heavy atom. The van der Waals surface area contributed by atoms with Gasteiger partial charge in [0.15, 0.2) is 6.61 Å². The van der Waals surface area contributed by atoms with Crippen molar-refractivity contribution in [1.82, 2.24) is 15.5 Å². The predicted octanol–water partition coefficient (Wildman–Crippen LogP) is 3.24. The summed E-state index contributed by atoms with van der Waals surface area (Å²) in [5.41, 5.74) is 0. The molecule has 0 spiro atoms. The molecule has 0 saturated carbocycles. The third kappa shape index (κ3) is 5.41. The molecule has 0 aliphatic carbocycles. The number of benzene rings is 1. The van der Waals surface area contributed by atoms with Gasteiger partial charge in [-0.1, -0.05) is 37.0 Å². The molecule has 0 aliphatic heterocycles. The number of carbonyl (C=O) groups excluding carboxylic acids is 1. The van der Waals surface area contributed by atoms with Gasteiger partial charge in [-0.25, -0.2) is 0 Å². The van der Waals surface area contributed by atoms with Crippen LogP contribution in [0.1, 0.15) is 31.5 Å². The molecule has 1 aromatic carbocycles. The van der Waals surface area contributed by atoms with Crippen molar-refractivity contribution in [2.45, 2.75) is 26.2 Å². The SMILES string of the molecule is CC(C)c1nnc(CCNC(=O)COc2ccc(Cl)cc2Cl)o1. The maximum Gasteiger partial charge on any atom is 0.257 e. The highest BCUT2D eigenvalue weighted by molar-refractivity contribution is 6.35. The second-order valence-electron chi connectivity index (χ2n) is 5.15. The average molecular weight is 358 g/mol. The number of nitrogens with one attached hydrogen (secondary N) is 1. The average Bonchev–Trinajstić information content (AvgIpc) is 2.95. The van der Waals surface area contributed by atoms with Crippen molar-refractivity contribution in [2.24, 2.45) is 0 Å². The summed E-state index contributed by atoms with van der Waals surface area (Å²) in [5, 5.41) is 11.4. The molecule has 1 N–H and O–H groups in total. The van der Waals surface area contributed by atoms with Gasteiger partial charge >= 0.3 is 0 Å². The molecule has 1 aromatic heterocycles. The standard InChI is InChI=1S/C15H17Cl2N3O3/c1-9(2)15-20-19-14(23-15)5-6-18-13(21)8-22-12-4-3-10(16)7-11(12)17/h3-4,7,9H,5-6,8H2,1-2H3,(H,18,21). The molecule has 0 atom stereocenters. The highest BCUT2D eigenvalue weighted by Crippen LogP contribution is 2.27. The van der Waals surface area contributed by atoms with Gasteiger partial charge in [-0.05, 0) is 18.2 Å². The summed E-state index contributed by atoms with van der Waals surface area (Å²) in [5.74, 6) is 1.41. The summed E-state index contributed by atoms with van der Waals surface area (Å²) >= 11 is 11.7. The van der Waals surface area contributed by atoms with E-state index in [9.17, 15) is 4.79 Å². The van der Waals surface area contributed by atoms with Gasteiger partial charge in [-0.15, -0.1) is 10.2 Å². The zero-order valence-electron chi connectivity index (χ0n) is 12.8. The molecule has 0 bridgehead atoms. The maximum atomic E-state index is 11.7. The van der Waals surface area contributed by atoms with Crippen LogP contribution < -0.4 is 10.1 Å². The zero-order chi connectivity index (χ0) is 16.8. The lowest BCUT2D eigenvalue weighted by molar-refractivity contribution is -0.123. The summed E-state index contributed by atoms with van der Waals surface area (Å²) in [6.45, 7) is 4.19. The smallest absolute Gasteiger partial charge is 0.257 e. The number of carbonyl (C=O) groups is 1. The Bertz CT molecular complexity index is 674. The Morgan fingerprint density at radius 3 is 2.78 bits per heavy atom. The molecule has 0 fully saturated rings. The van der Waals surface area contributed by atoms with E-state index in [0.29, 0.717) is 40.5 Å². The van der Waals surface area contributed by atoms with Gasteiger partial charge in [-0.3, -0.25) is 4.79 Å². The van der Waals surface area contributed by atoms with Crippen LogP contribution >= 0.6 is 23.2 Å². The Morgan fingerprint density at radius 1 is 1.35 bits per heavy atom. The lowest BCUT2D eigenvalue weighted by Crippen LogP contribution is -2.30. The van der Waals surface area contributed by atoms with Gasteiger partial charge < -0.3 is 14.5 Å². The summed E-state index contributed by atoms with van der Waals surface area (Å²) < 4.78 is 10.8. The van der Waals surface area contributed by atoms with E-state index in [1.807, 2.05) is 13.8 Å². The van der Waals surface area contributed by atoms with E-state index >= 15 is 0 Å². The number of amides is 1. The minimum Gasteiger partial charge on any atom is -0.482 e. The van der Waals surface area contributed by atoms with Crippen LogP contribution in [0, 0.1) is 0 Å². The number of hydrogen-bond acceptors (Lipinski definition) is 5. The van der Waals surface area contributed by atoms with Crippen LogP contribution in [0.2, 0.25) is 10.0 Å². The summed E-state index contributed by atoms with van der Waals surface area (Å²) in [4.78, 5) is 11.7. The van der Waals surface area contributed by atoms with E-state index in [1.54, 1.807) is 18.2 Å². The van der Waals surface area contributed by atoms with Gasteiger partial charge in [-0.2, -0.15) is 0 Å². The number of nitrogens with zero attached hydrogens (tertiary/aromatic N) is 2. The minimum atomic E-state index is -0.264. The van der Waals surface area contributed by atoms with Crippen LogP contribution in [0.15, 0.2) is 22.6 Å². The van der Waals surface area contributed by atoms with Crippen molar-refractivity contribution in [2.75, 3.05) is 13.2 Å².